The number of ether oxygens (including phenoxy) is 2. The topological polar surface area (TPSA) is 53.4 Å². The zero-order valence-electron chi connectivity index (χ0n) is 11.8. The summed E-state index contributed by atoms with van der Waals surface area (Å²) in [6, 6.07) is 9.26. The highest BCUT2D eigenvalue weighted by atomic mass is 35.6. The van der Waals surface area contributed by atoms with E-state index in [1.54, 1.807) is 6.92 Å². The molecule has 0 atom stereocenters. The lowest BCUT2D eigenvalue weighted by Gasteiger charge is -2.12. The van der Waals surface area contributed by atoms with Crippen LogP contribution in [0.2, 0.25) is 0 Å². The number of carbonyl (C=O) groups excluding carboxylic acids is 1. The zero-order chi connectivity index (χ0) is 16.3. The standard InChI is InChI=1S/C14H13Cl3N2O3/c1-9-10(2)18-19(11-6-4-3-5-7-11)12(9)22-13(20)21-8-14(15,16)17/h3-7H,8H2,1-2H3. The van der Waals surface area contributed by atoms with Gasteiger partial charge in [0.1, 0.15) is 6.61 Å². The predicted octanol–water partition coefficient (Wildman–Crippen LogP) is 4.37. The van der Waals surface area contributed by atoms with Gasteiger partial charge in [0.15, 0.2) is 0 Å². The number of rotatable bonds is 3. The van der Waals surface area contributed by atoms with Crippen LogP contribution in [0, 0.1) is 13.8 Å². The molecular weight excluding hydrogens is 351 g/mol. The number of carbonyl (C=O) groups is 1. The zero-order valence-corrected chi connectivity index (χ0v) is 14.1. The number of benzene rings is 1. The van der Waals surface area contributed by atoms with Crippen molar-refractivity contribution in [3.05, 3.63) is 41.6 Å². The Balaban J connectivity index is 2.22. The summed E-state index contributed by atoms with van der Waals surface area (Å²) in [4.78, 5) is 11.7. The molecule has 1 heterocycles. The van der Waals surface area contributed by atoms with Crippen LogP contribution in [0.4, 0.5) is 4.79 Å². The fourth-order valence-electron chi connectivity index (χ4n) is 1.70. The van der Waals surface area contributed by atoms with Crippen LogP contribution in [0.3, 0.4) is 0 Å². The minimum atomic E-state index is -1.69. The van der Waals surface area contributed by atoms with Crippen LogP contribution in [0.15, 0.2) is 30.3 Å². The lowest BCUT2D eigenvalue weighted by molar-refractivity contribution is 0.0980. The molecule has 0 radical (unpaired) electrons. The van der Waals surface area contributed by atoms with Crippen molar-refractivity contribution in [3.63, 3.8) is 0 Å². The van der Waals surface area contributed by atoms with E-state index in [-0.39, 0.29) is 5.88 Å². The van der Waals surface area contributed by atoms with Gasteiger partial charge in [-0.1, -0.05) is 53.0 Å². The fourth-order valence-corrected chi connectivity index (χ4v) is 1.86. The lowest BCUT2D eigenvalue weighted by atomic mass is 10.3. The molecule has 0 bridgehead atoms. The van der Waals surface area contributed by atoms with E-state index in [0.717, 1.165) is 16.9 Å². The van der Waals surface area contributed by atoms with Gasteiger partial charge in [-0.3, -0.25) is 0 Å². The maximum Gasteiger partial charge on any atom is 0.515 e. The third kappa shape index (κ3) is 4.29. The van der Waals surface area contributed by atoms with Crippen LogP contribution in [0.5, 0.6) is 5.88 Å². The highest BCUT2D eigenvalue weighted by molar-refractivity contribution is 6.67. The maximum atomic E-state index is 11.7. The third-order valence-electron chi connectivity index (χ3n) is 2.84. The number of halogens is 3. The Morgan fingerprint density at radius 3 is 2.45 bits per heavy atom. The van der Waals surface area contributed by atoms with Gasteiger partial charge < -0.3 is 9.47 Å². The molecule has 1 aromatic carbocycles. The van der Waals surface area contributed by atoms with Crippen LogP contribution in [0.25, 0.3) is 5.69 Å². The molecule has 0 saturated heterocycles. The van der Waals surface area contributed by atoms with Crippen LogP contribution < -0.4 is 4.74 Å². The summed E-state index contributed by atoms with van der Waals surface area (Å²) in [6.45, 7) is 3.20. The van der Waals surface area contributed by atoms with Crippen molar-refractivity contribution in [2.45, 2.75) is 17.6 Å². The normalized spacial score (nSPS) is 11.3. The van der Waals surface area contributed by atoms with Crippen molar-refractivity contribution >= 4 is 41.0 Å². The van der Waals surface area contributed by atoms with Gasteiger partial charge in [-0.2, -0.15) is 5.10 Å². The minimum Gasteiger partial charge on any atom is -0.429 e. The molecule has 5 nitrogen and oxygen atoms in total. The van der Waals surface area contributed by atoms with Gasteiger partial charge in [-0.15, -0.1) is 0 Å². The van der Waals surface area contributed by atoms with Crippen LogP contribution in [0.1, 0.15) is 11.3 Å². The van der Waals surface area contributed by atoms with Crippen LogP contribution in [-0.2, 0) is 4.74 Å². The van der Waals surface area contributed by atoms with E-state index in [9.17, 15) is 4.79 Å². The Kier molecular flexibility index (Phi) is 5.21. The van der Waals surface area contributed by atoms with Crippen molar-refractivity contribution in [2.24, 2.45) is 0 Å². The summed E-state index contributed by atoms with van der Waals surface area (Å²) in [5.74, 6) is 0.262. The summed E-state index contributed by atoms with van der Waals surface area (Å²) in [5, 5.41) is 4.35. The number of hydrogen-bond donors (Lipinski definition) is 0. The first-order valence-electron chi connectivity index (χ1n) is 6.31. The molecule has 2 rings (SSSR count). The van der Waals surface area contributed by atoms with Gasteiger partial charge in [0.2, 0.25) is 9.67 Å². The average Bonchev–Trinajstić information content (AvgIpc) is 2.74. The summed E-state index contributed by atoms with van der Waals surface area (Å²) in [6.07, 6.45) is -0.966. The van der Waals surface area contributed by atoms with E-state index in [4.69, 9.17) is 44.3 Å². The first-order valence-corrected chi connectivity index (χ1v) is 7.44. The Hall–Kier alpha value is -1.43. The van der Waals surface area contributed by atoms with Crippen molar-refractivity contribution in [2.75, 3.05) is 6.61 Å². The quantitative estimate of drug-likeness (QED) is 0.600. The number of aryl methyl sites for hydroxylation is 1. The van der Waals surface area contributed by atoms with Crippen LogP contribution in [-0.4, -0.2) is 26.3 Å². The predicted molar refractivity (Wildman–Crippen MR) is 85.3 cm³/mol. The molecule has 0 saturated carbocycles. The molecule has 8 heteroatoms. The van der Waals surface area contributed by atoms with E-state index in [2.05, 4.69) is 5.10 Å². The number of aromatic nitrogens is 2. The Bertz CT molecular complexity index is 666. The van der Waals surface area contributed by atoms with E-state index < -0.39 is 16.6 Å². The van der Waals surface area contributed by atoms with Crippen molar-refractivity contribution in [3.8, 4) is 11.6 Å². The lowest BCUT2D eigenvalue weighted by Crippen LogP contribution is -2.20. The Morgan fingerprint density at radius 2 is 1.86 bits per heavy atom. The van der Waals surface area contributed by atoms with Gasteiger partial charge >= 0.3 is 6.16 Å². The number of nitrogens with zero attached hydrogens (tertiary/aromatic N) is 2. The Labute approximate surface area is 142 Å². The van der Waals surface area contributed by atoms with Gasteiger partial charge in [-0.25, -0.2) is 9.48 Å². The molecule has 0 amide bonds. The molecule has 0 aliphatic heterocycles. The second-order valence-electron chi connectivity index (χ2n) is 4.52. The Morgan fingerprint density at radius 1 is 1.23 bits per heavy atom. The molecule has 0 N–H and O–H groups in total. The molecule has 0 unspecified atom stereocenters. The molecule has 0 aliphatic rings. The molecule has 2 aromatic rings. The van der Waals surface area contributed by atoms with Crippen molar-refractivity contribution in [1.29, 1.82) is 0 Å². The van der Waals surface area contributed by atoms with Gasteiger partial charge in [-0.05, 0) is 26.0 Å². The highest BCUT2D eigenvalue weighted by Crippen LogP contribution is 2.28. The van der Waals surface area contributed by atoms with E-state index in [1.807, 2.05) is 37.3 Å². The van der Waals surface area contributed by atoms with E-state index in [1.165, 1.54) is 4.68 Å². The van der Waals surface area contributed by atoms with Crippen molar-refractivity contribution in [1.82, 2.24) is 9.78 Å². The molecule has 0 fully saturated rings. The molecule has 0 aliphatic carbocycles. The molecular formula is C14H13Cl3N2O3. The second-order valence-corrected chi connectivity index (χ2v) is 7.03. The van der Waals surface area contributed by atoms with E-state index >= 15 is 0 Å². The van der Waals surface area contributed by atoms with Crippen LogP contribution >= 0.6 is 34.8 Å². The van der Waals surface area contributed by atoms with Crippen molar-refractivity contribution < 1.29 is 14.3 Å². The first kappa shape index (κ1) is 16.9. The summed E-state index contributed by atoms with van der Waals surface area (Å²) in [7, 11) is 0. The second kappa shape index (κ2) is 6.77. The fraction of sp³-hybridized carbons (Fsp3) is 0.286. The summed E-state index contributed by atoms with van der Waals surface area (Å²) in [5.41, 5.74) is 2.20. The largest absolute Gasteiger partial charge is 0.515 e. The molecule has 0 spiro atoms. The van der Waals surface area contributed by atoms with Gasteiger partial charge in [0.05, 0.1) is 11.4 Å². The number of hydrogen-bond acceptors (Lipinski definition) is 4. The first-order chi connectivity index (χ1) is 10.3. The SMILES string of the molecule is Cc1nn(-c2ccccc2)c(OC(=O)OCC(Cl)(Cl)Cl)c1C. The summed E-state index contributed by atoms with van der Waals surface area (Å²) >= 11 is 16.6. The third-order valence-corrected chi connectivity index (χ3v) is 3.17. The number of para-hydroxylation sites is 1. The smallest absolute Gasteiger partial charge is 0.429 e. The van der Waals surface area contributed by atoms with Gasteiger partial charge in [0, 0.05) is 5.56 Å². The average molecular weight is 364 g/mol. The van der Waals surface area contributed by atoms with Gasteiger partial charge in [0.25, 0.3) is 0 Å². The summed E-state index contributed by atoms with van der Waals surface area (Å²) < 4.78 is 9.80. The monoisotopic (exact) mass is 362 g/mol. The van der Waals surface area contributed by atoms with E-state index in [0.29, 0.717) is 0 Å². The number of alkyl halides is 3. The molecule has 118 valence electrons. The molecule has 1 aromatic heterocycles. The molecule has 22 heavy (non-hydrogen) atoms. The minimum absolute atomic E-state index is 0.262. The maximum absolute atomic E-state index is 11.7. The highest BCUT2D eigenvalue weighted by Gasteiger charge is 2.24.